The van der Waals surface area contributed by atoms with Gasteiger partial charge in [0, 0.05) is 0 Å². The highest BCUT2D eigenvalue weighted by molar-refractivity contribution is 5.72. The van der Waals surface area contributed by atoms with Gasteiger partial charge in [-0.05, 0) is 0 Å². The first-order chi connectivity index (χ1) is 3.13. The van der Waals surface area contributed by atoms with Gasteiger partial charge >= 0.3 is 0 Å². The van der Waals surface area contributed by atoms with E-state index >= 15 is 0 Å². The molecule has 0 spiro atoms. The Bertz CT molecular complexity index is 88.2. The lowest BCUT2D eigenvalue weighted by Gasteiger charge is -1.86. The highest BCUT2D eigenvalue weighted by Crippen LogP contribution is 1.50. The largest absolute Gasteiger partial charge is 0.366 e. The SMILES string of the molecule is C.N=C(N)N[N+](=O)[O-]. The smallest absolute Gasteiger partial charge is 0.248 e. The summed E-state index contributed by atoms with van der Waals surface area (Å²) >= 11 is 0. The number of nitrogens with zero attached hydrogens (tertiary/aromatic N) is 1. The zero-order valence-corrected chi connectivity index (χ0v) is 3.34. The van der Waals surface area contributed by atoms with Crippen LogP contribution in [0.3, 0.4) is 0 Å². The summed E-state index contributed by atoms with van der Waals surface area (Å²) in [7, 11) is 0. The molecule has 0 rings (SSSR count). The summed E-state index contributed by atoms with van der Waals surface area (Å²) in [6, 6.07) is 0. The van der Waals surface area contributed by atoms with Crippen LogP contribution in [0.2, 0.25) is 0 Å². The first-order valence-corrected chi connectivity index (χ1v) is 1.38. The van der Waals surface area contributed by atoms with Gasteiger partial charge < -0.3 is 5.73 Å². The second-order valence-electron chi connectivity index (χ2n) is 0.783. The Labute approximate surface area is 46.3 Å². The summed E-state index contributed by atoms with van der Waals surface area (Å²) in [5, 5.41) is 14.6. The van der Waals surface area contributed by atoms with Gasteiger partial charge in [-0.25, -0.2) is 10.1 Å². The molecule has 0 aromatic heterocycles. The molecule has 0 bridgehead atoms. The first kappa shape index (κ1) is 9.83. The molecule has 0 aliphatic heterocycles. The molecule has 4 N–H and O–H groups in total. The maximum atomic E-state index is 9.28. The van der Waals surface area contributed by atoms with Gasteiger partial charge in [0.05, 0.1) is 0 Å². The summed E-state index contributed by atoms with van der Waals surface area (Å²) in [6.45, 7) is 0. The maximum Gasteiger partial charge on any atom is 0.248 e. The van der Waals surface area contributed by atoms with Crippen molar-refractivity contribution in [3.8, 4) is 0 Å². The highest BCUT2D eigenvalue weighted by Gasteiger charge is 1.91. The Morgan fingerprint density at radius 3 is 2.25 bits per heavy atom. The van der Waals surface area contributed by atoms with Crippen LogP contribution >= 0.6 is 0 Å². The van der Waals surface area contributed by atoms with Crippen LogP contribution < -0.4 is 11.2 Å². The third kappa shape index (κ3) is 8.82. The van der Waals surface area contributed by atoms with Gasteiger partial charge in [-0.15, -0.1) is 0 Å². The van der Waals surface area contributed by atoms with Crippen molar-refractivity contribution in [2.24, 2.45) is 5.73 Å². The topological polar surface area (TPSA) is 105 Å². The minimum atomic E-state index is -0.900. The van der Waals surface area contributed by atoms with Crippen molar-refractivity contribution in [3.05, 3.63) is 10.1 Å². The molecule has 0 aliphatic rings. The Morgan fingerprint density at radius 1 is 1.88 bits per heavy atom. The number of hydrazine groups is 1. The monoisotopic (exact) mass is 120 g/mol. The van der Waals surface area contributed by atoms with Crippen molar-refractivity contribution in [3.63, 3.8) is 0 Å². The standard InChI is InChI=1S/CH4N4O2.CH4/c2-1(3)4-5(6)7;/h(H4,2,3,4);1H4. The van der Waals surface area contributed by atoms with Gasteiger partial charge in [0.15, 0.2) is 5.03 Å². The summed E-state index contributed by atoms with van der Waals surface area (Å²) in [6.07, 6.45) is 0. The van der Waals surface area contributed by atoms with Crippen molar-refractivity contribution in [1.29, 1.82) is 5.41 Å². The molecule has 0 amide bonds. The molecule has 0 fully saturated rings. The van der Waals surface area contributed by atoms with E-state index in [4.69, 9.17) is 5.41 Å². The van der Waals surface area contributed by atoms with Crippen molar-refractivity contribution in [2.75, 3.05) is 0 Å². The molecule has 8 heavy (non-hydrogen) atoms. The Kier molecular flexibility index (Phi) is 4.73. The normalized spacial score (nSPS) is 6.50. The first-order valence-electron chi connectivity index (χ1n) is 1.38. The third-order valence-corrected chi connectivity index (χ3v) is 0.212. The van der Waals surface area contributed by atoms with E-state index < -0.39 is 11.0 Å². The van der Waals surface area contributed by atoms with E-state index in [0.29, 0.717) is 0 Å². The molecule has 6 heteroatoms. The van der Waals surface area contributed by atoms with Crippen LogP contribution in [-0.4, -0.2) is 11.0 Å². The van der Waals surface area contributed by atoms with E-state index in [0.717, 1.165) is 0 Å². The Hall–Kier alpha value is -1.33. The van der Waals surface area contributed by atoms with E-state index in [2.05, 4.69) is 5.73 Å². The number of nitrogens with two attached hydrogens (primary N) is 1. The van der Waals surface area contributed by atoms with Crippen LogP contribution in [0.1, 0.15) is 7.43 Å². The fourth-order valence-electron chi connectivity index (χ4n) is 0.0983. The summed E-state index contributed by atoms with van der Waals surface area (Å²) < 4.78 is 0. The lowest BCUT2D eigenvalue weighted by Crippen LogP contribution is -2.34. The van der Waals surface area contributed by atoms with Gasteiger partial charge in [-0.3, -0.25) is 5.41 Å². The van der Waals surface area contributed by atoms with Gasteiger partial charge in [0.25, 0.3) is 0 Å². The Morgan fingerprint density at radius 2 is 2.25 bits per heavy atom. The van der Waals surface area contributed by atoms with Crippen LogP contribution in [0.15, 0.2) is 0 Å². The molecule has 0 aliphatic carbocycles. The quantitative estimate of drug-likeness (QED) is 0.184. The van der Waals surface area contributed by atoms with Crippen LogP contribution in [0.4, 0.5) is 0 Å². The second-order valence-corrected chi connectivity index (χ2v) is 0.783. The van der Waals surface area contributed by atoms with Crippen molar-refractivity contribution < 1.29 is 5.03 Å². The van der Waals surface area contributed by atoms with Crippen LogP contribution in [0, 0.1) is 15.5 Å². The number of rotatable bonds is 1. The van der Waals surface area contributed by atoms with Gasteiger partial charge in [0.2, 0.25) is 5.96 Å². The average Bonchev–Trinajstić information content (AvgIpc) is 1.27. The summed E-state index contributed by atoms with van der Waals surface area (Å²) in [4.78, 5) is 9.28. The fraction of sp³-hybridized carbons (Fsp3) is 0.500. The molecule has 0 radical (unpaired) electrons. The third-order valence-electron chi connectivity index (χ3n) is 0.212. The van der Waals surface area contributed by atoms with E-state index in [1.807, 2.05) is 0 Å². The molecule has 0 atom stereocenters. The van der Waals surface area contributed by atoms with Crippen molar-refractivity contribution in [1.82, 2.24) is 5.43 Å². The molecule has 0 heterocycles. The zero-order valence-electron chi connectivity index (χ0n) is 3.34. The lowest BCUT2D eigenvalue weighted by molar-refractivity contribution is -0.525. The molecular formula is C2H8N4O2. The van der Waals surface area contributed by atoms with Crippen molar-refractivity contribution in [2.45, 2.75) is 7.43 Å². The molecule has 48 valence electrons. The van der Waals surface area contributed by atoms with Crippen LogP contribution in [0.25, 0.3) is 0 Å². The number of hydrogen-bond acceptors (Lipinski definition) is 3. The number of nitro groups is 1. The highest BCUT2D eigenvalue weighted by atomic mass is 16.7. The van der Waals surface area contributed by atoms with Crippen LogP contribution in [0.5, 0.6) is 0 Å². The van der Waals surface area contributed by atoms with E-state index in [-0.39, 0.29) is 7.43 Å². The van der Waals surface area contributed by atoms with E-state index in [9.17, 15) is 10.1 Å². The minimum Gasteiger partial charge on any atom is -0.366 e. The van der Waals surface area contributed by atoms with E-state index in [1.54, 1.807) is 0 Å². The predicted octanol–water partition coefficient (Wildman–Crippen LogP) is -0.703. The minimum absolute atomic E-state index is 0. The lowest BCUT2D eigenvalue weighted by atomic mass is 11.1. The number of guanidine groups is 1. The maximum absolute atomic E-state index is 9.28. The number of nitrogens with one attached hydrogen (secondary N) is 2. The van der Waals surface area contributed by atoms with Gasteiger partial charge in [-0.1, -0.05) is 12.9 Å². The average molecular weight is 120 g/mol. The van der Waals surface area contributed by atoms with Gasteiger partial charge in [0.1, 0.15) is 0 Å². The van der Waals surface area contributed by atoms with E-state index in [1.165, 1.54) is 5.43 Å². The molecule has 0 aromatic carbocycles. The summed E-state index contributed by atoms with van der Waals surface area (Å²) in [5.74, 6) is -0.662. The second kappa shape index (κ2) is 3.85. The summed E-state index contributed by atoms with van der Waals surface area (Å²) in [5.41, 5.74) is 5.91. The molecule has 0 saturated heterocycles. The molecule has 0 unspecified atom stereocenters. The molecule has 0 aromatic rings. The fourth-order valence-corrected chi connectivity index (χ4v) is 0.0983. The Balaban J connectivity index is 0. The molecule has 6 nitrogen and oxygen atoms in total. The van der Waals surface area contributed by atoms with Crippen molar-refractivity contribution >= 4 is 5.96 Å². The van der Waals surface area contributed by atoms with Crippen LogP contribution in [-0.2, 0) is 0 Å². The number of hydrogen-bond donors (Lipinski definition) is 3. The zero-order chi connectivity index (χ0) is 5.86. The predicted molar refractivity (Wildman–Crippen MR) is 28.8 cm³/mol. The molecular weight excluding hydrogens is 112 g/mol. The van der Waals surface area contributed by atoms with Gasteiger partial charge in [-0.2, -0.15) is 0 Å². The molecule has 0 saturated carbocycles.